The average Bonchev–Trinajstić information content (AvgIpc) is 2.81. The van der Waals surface area contributed by atoms with E-state index in [-0.39, 0.29) is 18.4 Å². The van der Waals surface area contributed by atoms with Crippen LogP contribution in [0, 0.1) is 0 Å². The number of nitrogen functional groups attached to an aromatic ring is 1. The van der Waals surface area contributed by atoms with Crippen LogP contribution in [-0.4, -0.2) is 48.8 Å². The maximum atomic E-state index is 12.6. The van der Waals surface area contributed by atoms with Gasteiger partial charge in [-0.15, -0.1) is 11.3 Å². The Morgan fingerprint density at radius 1 is 1.24 bits per heavy atom. The average molecular weight is 305 g/mol. The van der Waals surface area contributed by atoms with Gasteiger partial charge in [0, 0.05) is 30.7 Å². The van der Waals surface area contributed by atoms with E-state index in [0.29, 0.717) is 17.1 Å². The SMILES string of the molecule is CCN(CC(=O)N(C)C)C(=O)c1sc2ccccc2c1N. The number of nitrogens with zero attached hydrogens (tertiary/aromatic N) is 2. The van der Waals surface area contributed by atoms with E-state index in [1.807, 2.05) is 31.2 Å². The van der Waals surface area contributed by atoms with Gasteiger partial charge < -0.3 is 15.5 Å². The van der Waals surface area contributed by atoms with Crippen LogP contribution in [0.4, 0.5) is 5.69 Å². The zero-order valence-corrected chi connectivity index (χ0v) is 13.2. The second kappa shape index (κ2) is 6.13. The third kappa shape index (κ3) is 3.00. The molecule has 0 aliphatic rings. The quantitative estimate of drug-likeness (QED) is 0.940. The monoisotopic (exact) mass is 305 g/mol. The van der Waals surface area contributed by atoms with E-state index in [1.165, 1.54) is 21.1 Å². The number of benzene rings is 1. The smallest absolute Gasteiger partial charge is 0.266 e. The number of anilines is 1. The second-order valence-corrected chi connectivity index (χ2v) is 6.00. The minimum Gasteiger partial charge on any atom is -0.397 e. The van der Waals surface area contributed by atoms with Crippen molar-refractivity contribution in [1.29, 1.82) is 0 Å². The molecule has 2 amide bonds. The number of carbonyl (C=O) groups excluding carboxylic acids is 2. The fraction of sp³-hybridized carbons (Fsp3) is 0.333. The maximum Gasteiger partial charge on any atom is 0.266 e. The molecule has 0 bridgehead atoms. The highest BCUT2D eigenvalue weighted by atomic mass is 32.1. The maximum absolute atomic E-state index is 12.6. The Hall–Kier alpha value is -2.08. The third-order valence-corrected chi connectivity index (χ3v) is 4.50. The Labute approximate surface area is 127 Å². The van der Waals surface area contributed by atoms with E-state index in [9.17, 15) is 9.59 Å². The molecule has 2 N–H and O–H groups in total. The standard InChI is InChI=1S/C15H19N3O2S/c1-4-18(9-12(19)17(2)3)15(20)14-13(16)10-7-5-6-8-11(10)21-14/h5-8H,4,9,16H2,1-3H3. The molecular formula is C15H19N3O2S. The number of hydrogen-bond acceptors (Lipinski definition) is 4. The summed E-state index contributed by atoms with van der Waals surface area (Å²) < 4.78 is 0.980. The molecule has 112 valence electrons. The molecule has 0 aliphatic carbocycles. The van der Waals surface area contributed by atoms with Gasteiger partial charge in [0.25, 0.3) is 5.91 Å². The van der Waals surface area contributed by atoms with Crippen molar-refractivity contribution in [1.82, 2.24) is 9.80 Å². The van der Waals surface area contributed by atoms with Crippen LogP contribution >= 0.6 is 11.3 Å². The minimum atomic E-state index is -0.189. The van der Waals surface area contributed by atoms with Crippen LogP contribution in [0.1, 0.15) is 16.6 Å². The third-order valence-electron chi connectivity index (χ3n) is 3.32. The molecule has 1 aromatic carbocycles. The van der Waals surface area contributed by atoms with Crippen molar-refractivity contribution >= 4 is 38.9 Å². The van der Waals surface area contributed by atoms with E-state index in [4.69, 9.17) is 5.73 Å². The fourth-order valence-electron chi connectivity index (χ4n) is 2.00. The predicted octanol–water partition coefficient (Wildman–Crippen LogP) is 2.03. The summed E-state index contributed by atoms with van der Waals surface area (Å²) in [6.07, 6.45) is 0. The fourth-order valence-corrected chi connectivity index (χ4v) is 3.09. The summed E-state index contributed by atoms with van der Waals surface area (Å²) >= 11 is 1.37. The summed E-state index contributed by atoms with van der Waals surface area (Å²) in [5.41, 5.74) is 6.59. The van der Waals surface area contributed by atoms with Gasteiger partial charge in [-0.1, -0.05) is 18.2 Å². The molecule has 1 heterocycles. The van der Waals surface area contributed by atoms with Gasteiger partial charge in [-0.3, -0.25) is 9.59 Å². The number of carbonyl (C=O) groups is 2. The van der Waals surface area contributed by atoms with Crippen LogP contribution < -0.4 is 5.73 Å². The van der Waals surface area contributed by atoms with Crippen molar-refractivity contribution in [2.75, 3.05) is 32.9 Å². The summed E-state index contributed by atoms with van der Waals surface area (Å²) in [7, 11) is 3.35. The molecule has 0 saturated carbocycles. The molecule has 0 radical (unpaired) electrons. The van der Waals surface area contributed by atoms with Crippen molar-refractivity contribution in [2.24, 2.45) is 0 Å². The summed E-state index contributed by atoms with van der Waals surface area (Å²) in [6, 6.07) is 7.65. The Morgan fingerprint density at radius 3 is 2.48 bits per heavy atom. The highest BCUT2D eigenvalue weighted by molar-refractivity contribution is 7.21. The van der Waals surface area contributed by atoms with E-state index in [1.54, 1.807) is 14.1 Å². The molecule has 2 rings (SSSR count). The summed E-state index contributed by atoms with van der Waals surface area (Å²) in [4.78, 5) is 27.9. The Morgan fingerprint density at radius 2 is 1.90 bits per heavy atom. The number of amides is 2. The first-order valence-corrected chi connectivity index (χ1v) is 7.53. The molecule has 6 heteroatoms. The zero-order valence-electron chi connectivity index (χ0n) is 12.4. The van der Waals surface area contributed by atoms with E-state index < -0.39 is 0 Å². The first kappa shape index (κ1) is 15.3. The Kier molecular flexibility index (Phi) is 4.47. The van der Waals surface area contributed by atoms with E-state index in [2.05, 4.69) is 0 Å². The van der Waals surface area contributed by atoms with E-state index in [0.717, 1.165) is 10.1 Å². The largest absolute Gasteiger partial charge is 0.397 e. The van der Waals surface area contributed by atoms with Crippen molar-refractivity contribution < 1.29 is 9.59 Å². The molecule has 21 heavy (non-hydrogen) atoms. The zero-order chi connectivity index (χ0) is 15.6. The highest BCUT2D eigenvalue weighted by Crippen LogP contribution is 2.34. The van der Waals surface area contributed by atoms with Gasteiger partial charge in [0.1, 0.15) is 11.4 Å². The van der Waals surface area contributed by atoms with Crippen LogP contribution in [-0.2, 0) is 4.79 Å². The second-order valence-electron chi connectivity index (χ2n) is 4.95. The molecule has 0 saturated heterocycles. The van der Waals surface area contributed by atoms with Gasteiger partial charge in [-0.05, 0) is 13.0 Å². The molecule has 0 unspecified atom stereocenters. The lowest BCUT2D eigenvalue weighted by atomic mass is 10.2. The lowest BCUT2D eigenvalue weighted by molar-refractivity contribution is -0.129. The number of likely N-dealkylation sites (N-methyl/N-ethyl adjacent to an activating group) is 2. The lowest BCUT2D eigenvalue weighted by Gasteiger charge is -2.21. The van der Waals surface area contributed by atoms with Crippen LogP contribution in [0.15, 0.2) is 24.3 Å². The van der Waals surface area contributed by atoms with Gasteiger partial charge in [0.05, 0.1) is 5.69 Å². The molecule has 0 fully saturated rings. The minimum absolute atomic E-state index is 0.0655. The van der Waals surface area contributed by atoms with Crippen LogP contribution in [0.3, 0.4) is 0 Å². The Balaban J connectivity index is 2.31. The molecule has 2 aromatic rings. The van der Waals surface area contributed by atoms with Gasteiger partial charge in [-0.25, -0.2) is 0 Å². The predicted molar refractivity (Wildman–Crippen MR) is 86.5 cm³/mol. The lowest BCUT2D eigenvalue weighted by Crippen LogP contribution is -2.40. The molecule has 0 aliphatic heterocycles. The van der Waals surface area contributed by atoms with E-state index >= 15 is 0 Å². The number of nitrogens with two attached hydrogens (primary N) is 1. The molecule has 0 spiro atoms. The van der Waals surface area contributed by atoms with Gasteiger partial charge in [0.15, 0.2) is 0 Å². The normalized spacial score (nSPS) is 10.6. The summed E-state index contributed by atoms with van der Waals surface area (Å²) in [5, 5.41) is 0.890. The summed E-state index contributed by atoms with van der Waals surface area (Å²) in [6.45, 7) is 2.38. The topological polar surface area (TPSA) is 66.6 Å². The van der Waals surface area contributed by atoms with Gasteiger partial charge in [0.2, 0.25) is 5.91 Å². The highest BCUT2D eigenvalue weighted by Gasteiger charge is 2.23. The van der Waals surface area contributed by atoms with Crippen LogP contribution in [0.2, 0.25) is 0 Å². The number of hydrogen-bond donors (Lipinski definition) is 1. The number of rotatable bonds is 4. The molecule has 1 aromatic heterocycles. The Bertz CT molecular complexity index is 679. The molecule has 5 nitrogen and oxygen atoms in total. The number of thiophene rings is 1. The first-order valence-electron chi connectivity index (χ1n) is 6.72. The molecular weight excluding hydrogens is 286 g/mol. The van der Waals surface area contributed by atoms with Gasteiger partial charge in [-0.2, -0.15) is 0 Å². The van der Waals surface area contributed by atoms with Crippen molar-refractivity contribution in [3.05, 3.63) is 29.1 Å². The molecule has 0 atom stereocenters. The first-order chi connectivity index (χ1) is 9.95. The van der Waals surface area contributed by atoms with Crippen LogP contribution in [0.25, 0.3) is 10.1 Å². The van der Waals surface area contributed by atoms with Crippen LogP contribution in [0.5, 0.6) is 0 Å². The van der Waals surface area contributed by atoms with Crippen molar-refractivity contribution in [2.45, 2.75) is 6.92 Å². The van der Waals surface area contributed by atoms with Crippen molar-refractivity contribution in [3.63, 3.8) is 0 Å². The van der Waals surface area contributed by atoms with Crippen molar-refractivity contribution in [3.8, 4) is 0 Å². The van der Waals surface area contributed by atoms with Gasteiger partial charge >= 0.3 is 0 Å². The summed E-state index contributed by atoms with van der Waals surface area (Å²) in [5.74, 6) is -0.295. The number of fused-ring (bicyclic) bond motifs is 1.